The van der Waals surface area contributed by atoms with Crippen LogP contribution in [0.25, 0.3) is 0 Å². The summed E-state index contributed by atoms with van der Waals surface area (Å²) in [6, 6.07) is 20.6. The van der Waals surface area contributed by atoms with Gasteiger partial charge in [-0.3, -0.25) is 9.10 Å². The van der Waals surface area contributed by atoms with Gasteiger partial charge in [0.2, 0.25) is 10.0 Å². The van der Waals surface area contributed by atoms with Crippen LogP contribution < -0.4 is 9.62 Å². The highest BCUT2D eigenvalue weighted by atomic mass is 32.2. The van der Waals surface area contributed by atoms with E-state index in [9.17, 15) is 17.6 Å². The number of rotatable bonds is 9. The minimum atomic E-state index is -3.65. The lowest BCUT2D eigenvalue weighted by Crippen LogP contribution is -2.30. The lowest BCUT2D eigenvalue weighted by molar-refractivity contribution is 0.0953. The summed E-state index contributed by atoms with van der Waals surface area (Å²) in [5.41, 5.74) is 3.52. The van der Waals surface area contributed by atoms with Crippen molar-refractivity contribution in [2.75, 3.05) is 17.1 Å². The number of hydrogen-bond donors (Lipinski definition) is 1. The zero-order valence-electron chi connectivity index (χ0n) is 18.2. The van der Waals surface area contributed by atoms with Crippen LogP contribution >= 0.6 is 0 Å². The molecule has 0 aliphatic heterocycles. The van der Waals surface area contributed by atoms with Crippen molar-refractivity contribution in [3.63, 3.8) is 0 Å². The van der Waals surface area contributed by atoms with E-state index in [-0.39, 0.29) is 18.0 Å². The van der Waals surface area contributed by atoms with Gasteiger partial charge < -0.3 is 5.32 Å². The fourth-order valence-electron chi connectivity index (χ4n) is 3.42. The maximum Gasteiger partial charge on any atom is 0.251 e. The molecule has 1 amide bonds. The first kappa shape index (κ1) is 23.5. The van der Waals surface area contributed by atoms with Gasteiger partial charge in [0, 0.05) is 17.7 Å². The lowest BCUT2D eigenvalue weighted by Gasteiger charge is -2.23. The Labute approximate surface area is 188 Å². The highest BCUT2D eigenvalue weighted by molar-refractivity contribution is 7.92. The summed E-state index contributed by atoms with van der Waals surface area (Å²) in [5, 5.41) is 2.89. The van der Waals surface area contributed by atoms with E-state index >= 15 is 0 Å². The van der Waals surface area contributed by atoms with E-state index in [0.29, 0.717) is 17.8 Å². The third-order valence-corrected chi connectivity index (χ3v) is 6.24. The standard InChI is InChI=1S/C25H27FN2O3S/c1-19-7-5-8-20(17-19)9-6-16-27-25(29)21-12-14-23(15-13-21)28(32(2,30)31)18-22-10-3-4-11-24(22)26/h3-5,7-8,10-15,17H,6,9,16,18H2,1-2H3,(H,27,29). The number of benzene rings is 3. The molecule has 0 saturated carbocycles. The normalized spacial score (nSPS) is 11.2. The molecule has 0 spiro atoms. The number of sulfonamides is 1. The van der Waals surface area contributed by atoms with E-state index in [2.05, 4.69) is 30.4 Å². The van der Waals surface area contributed by atoms with Gasteiger partial charge in [0.1, 0.15) is 5.82 Å². The Hall–Kier alpha value is -3.19. The van der Waals surface area contributed by atoms with E-state index in [1.807, 2.05) is 6.07 Å². The van der Waals surface area contributed by atoms with Crippen molar-refractivity contribution < 1.29 is 17.6 Å². The zero-order chi connectivity index (χ0) is 23.1. The molecule has 0 aromatic heterocycles. The number of carbonyl (C=O) groups excluding carboxylic acids is 1. The van der Waals surface area contributed by atoms with Crippen LogP contribution in [-0.2, 0) is 23.0 Å². The third-order valence-electron chi connectivity index (χ3n) is 5.10. The molecule has 3 aromatic carbocycles. The molecule has 0 radical (unpaired) electrons. The van der Waals surface area contributed by atoms with Gasteiger partial charge in [-0.25, -0.2) is 12.8 Å². The molecule has 0 aliphatic carbocycles. The van der Waals surface area contributed by atoms with Crippen LogP contribution in [0, 0.1) is 12.7 Å². The van der Waals surface area contributed by atoms with Gasteiger partial charge in [0.05, 0.1) is 18.5 Å². The van der Waals surface area contributed by atoms with Gasteiger partial charge in [-0.2, -0.15) is 0 Å². The largest absolute Gasteiger partial charge is 0.352 e. The van der Waals surface area contributed by atoms with Crippen LogP contribution in [-0.4, -0.2) is 27.1 Å². The molecule has 0 bridgehead atoms. The molecule has 3 aromatic rings. The lowest BCUT2D eigenvalue weighted by atomic mass is 10.1. The predicted octanol–water partition coefficient (Wildman–Crippen LogP) is 4.46. The molecule has 0 atom stereocenters. The molecule has 32 heavy (non-hydrogen) atoms. The fourth-order valence-corrected chi connectivity index (χ4v) is 4.30. The number of carbonyl (C=O) groups is 1. The van der Waals surface area contributed by atoms with Crippen molar-refractivity contribution >= 4 is 21.6 Å². The number of nitrogens with one attached hydrogen (secondary N) is 1. The van der Waals surface area contributed by atoms with E-state index in [1.54, 1.807) is 42.5 Å². The zero-order valence-corrected chi connectivity index (χ0v) is 19.0. The molecule has 168 valence electrons. The van der Waals surface area contributed by atoms with Gasteiger partial charge in [0.15, 0.2) is 0 Å². The second-order valence-electron chi connectivity index (χ2n) is 7.76. The van der Waals surface area contributed by atoms with Crippen molar-refractivity contribution in [1.29, 1.82) is 0 Å². The van der Waals surface area contributed by atoms with Gasteiger partial charge in [-0.05, 0) is 55.7 Å². The Bertz CT molecular complexity index is 1180. The second-order valence-corrected chi connectivity index (χ2v) is 9.66. The second kappa shape index (κ2) is 10.4. The number of anilines is 1. The fraction of sp³-hybridized carbons (Fsp3) is 0.240. The first-order valence-electron chi connectivity index (χ1n) is 10.4. The van der Waals surface area contributed by atoms with Crippen molar-refractivity contribution in [2.24, 2.45) is 0 Å². The first-order valence-corrected chi connectivity index (χ1v) is 12.2. The van der Waals surface area contributed by atoms with Crippen LogP contribution in [0.15, 0.2) is 72.8 Å². The van der Waals surface area contributed by atoms with Crippen molar-refractivity contribution in [3.8, 4) is 0 Å². The smallest absolute Gasteiger partial charge is 0.251 e. The summed E-state index contributed by atoms with van der Waals surface area (Å²) >= 11 is 0. The van der Waals surface area contributed by atoms with Crippen LogP contribution in [0.2, 0.25) is 0 Å². The highest BCUT2D eigenvalue weighted by Crippen LogP contribution is 2.22. The third kappa shape index (κ3) is 6.40. The van der Waals surface area contributed by atoms with Gasteiger partial charge in [0.25, 0.3) is 5.91 Å². The van der Waals surface area contributed by atoms with Gasteiger partial charge >= 0.3 is 0 Å². The molecule has 7 heteroatoms. The average molecular weight is 455 g/mol. The summed E-state index contributed by atoms with van der Waals surface area (Å²) in [5.74, 6) is -0.691. The maximum absolute atomic E-state index is 14.0. The summed E-state index contributed by atoms with van der Waals surface area (Å²) < 4.78 is 39.8. The quantitative estimate of drug-likeness (QED) is 0.486. The van der Waals surface area contributed by atoms with E-state index < -0.39 is 15.8 Å². The Morgan fingerprint density at radius 1 is 1.00 bits per heavy atom. The van der Waals surface area contributed by atoms with Gasteiger partial charge in [-0.1, -0.05) is 48.0 Å². The minimum Gasteiger partial charge on any atom is -0.352 e. The molecule has 0 fully saturated rings. The Morgan fingerprint density at radius 2 is 1.72 bits per heavy atom. The van der Waals surface area contributed by atoms with Gasteiger partial charge in [-0.15, -0.1) is 0 Å². The molecule has 0 unspecified atom stereocenters. The van der Waals surface area contributed by atoms with Crippen molar-refractivity contribution in [2.45, 2.75) is 26.3 Å². The number of aryl methyl sites for hydroxylation is 2. The van der Waals surface area contributed by atoms with E-state index in [1.165, 1.54) is 17.2 Å². The average Bonchev–Trinajstić information content (AvgIpc) is 2.75. The number of halogens is 1. The molecule has 0 saturated heterocycles. The number of amides is 1. The molecule has 0 heterocycles. The molecule has 0 aliphatic rings. The van der Waals surface area contributed by atoms with Crippen LogP contribution in [0.5, 0.6) is 0 Å². The summed E-state index contributed by atoms with van der Waals surface area (Å²) in [6.07, 6.45) is 2.76. The monoisotopic (exact) mass is 454 g/mol. The maximum atomic E-state index is 14.0. The van der Waals surface area contributed by atoms with Crippen LogP contribution in [0.4, 0.5) is 10.1 Å². The Morgan fingerprint density at radius 3 is 2.38 bits per heavy atom. The summed E-state index contributed by atoms with van der Waals surface area (Å²) in [6.45, 7) is 2.46. The predicted molar refractivity (Wildman–Crippen MR) is 126 cm³/mol. The minimum absolute atomic E-state index is 0.129. The van der Waals surface area contributed by atoms with Crippen LogP contribution in [0.3, 0.4) is 0 Å². The summed E-state index contributed by atoms with van der Waals surface area (Å²) in [4.78, 5) is 12.4. The molecule has 1 N–H and O–H groups in total. The molecule has 5 nitrogen and oxygen atoms in total. The highest BCUT2D eigenvalue weighted by Gasteiger charge is 2.19. The Balaban J connectivity index is 1.61. The van der Waals surface area contributed by atoms with Crippen molar-refractivity contribution in [1.82, 2.24) is 5.32 Å². The Kier molecular flexibility index (Phi) is 7.64. The van der Waals surface area contributed by atoms with E-state index in [0.717, 1.165) is 23.4 Å². The molecule has 3 rings (SSSR count). The number of nitrogens with zero attached hydrogens (tertiary/aromatic N) is 1. The topological polar surface area (TPSA) is 66.5 Å². The molecular formula is C25H27FN2O3S. The summed E-state index contributed by atoms with van der Waals surface area (Å²) in [7, 11) is -3.65. The SMILES string of the molecule is Cc1cccc(CCCNC(=O)c2ccc(N(Cc3ccccc3F)S(C)(=O)=O)cc2)c1. The molecular weight excluding hydrogens is 427 g/mol. The van der Waals surface area contributed by atoms with E-state index in [4.69, 9.17) is 0 Å². The first-order chi connectivity index (χ1) is 15.2. The van der Waals surface area contributed by atoms with Crippen molar-refractivity contribution in [3.05, 3.63) is 101 Å². The van der Waals surface area contributed by atoms with Crippen LogP contribution in [0.1, 0.15) is 33.5 Å². The number of hydrogen-bond acceptors (Lipinski definition) is 3.